The van der Waals surface area contributed by atoms with Crippen LogP contribution in [0.4, 0.5) is 5.69 Å². The highest BCUT2D eigenvalue weighted by Gasteiger charge is 2.34. The van der Waals surface area contributed by atoms with Crippen molar-refractivity contribution in [3.63, 3.8) is 0 Å². The molecule has 0 saturated carbocycles. The van der Waals surface area contributed by atoms with Crippen LogP contribution in [-0.4, -0.2) is 84.9 Å². The summed E-state index contributed by atoms with van der Waals surface area (Å²) in [4.78, 5) is 45.2. The van der Waals surface area contributed by atoms with E-state index >= 15 is 0 Å². The van der Waals surface area contributed by atoms with E-state index in [1.165, 1.54) is 25.2 Å². The first-order valence-corrected chi connectivity index (χ1v) is 12.5. The van der Waals surface area contributed by atoms with Crippen molar-refractivity contribution in [3.05, 3.63) is 65.9 Å². The van der Waals surface area contributed by atoms with Gasteiger partial charge in [-0.15, -0.1) is 0 Å². The molecule has 2 N–H and O–H groups in total. The lowest BCUT2D eigenvalue weighted by molar-refractivity contribution is -0.130. The van der Waals surface area contributed by atoms with E-state index in [9.17, 15) is 22.8 Å². The van der Waals surface area contributed by atoms with E-state index in [1.807, 2.05) is 6.07 Å². The minimum Gasteiger partial charge on any atom is -0.359 e. The van der Waals surface area contributed by atoms with Crippen LogP contribution in [0.25, 0.3) is 10.9 Å². The molecule has 4 rings (SSSR count). The first kappa shape index (κ1) is 24.4. The van der Waals surface area contributed by atoms with E-state index in [4.69, 9.17) is 0 Å². The fraction of sp³-hybridized carbons (Fsp3) is 0.292. The number of anilines is 1. The number of Topliss-reactive ketones (excluding diaryl/α,β-unsaturated/α-hetero) is 1. The Kier molecular flexibility index (Phi) is 6.64. The molecule has 0 unspecified atom stereocenters. The summed E-state index contributed by atoms with van der Waals surface area (Å²) in [5.41, 5.74) is 1.41. The summed E-state index contributed by atoms with van der Waals surface area (Å²) in [6, 6.07) is 13.4. The molecular formula is C24H27N5O5S. The van der Waals surface area contributed by atoms with Gasteiger partial charge in [0, 0.05) is 56.9 Å². The number of nitrogens with zero attached hydrogens (tertiary/aromatic N) is 3. The minimum atomic E-state index is -3.76. The van der Waals surface area contributed by atoms with Gasteiger partial charge in [0.25, 0.3) is 17.6 Å². The molecule has 11 heteroatoms. The van der Waals surface area contributed by atoms with Crippen LogP contribution in [-0.2, 0) is 15.0 Å². The number of H-pyrrole nitrogens is 1. The van der Waals surface area contributed by atoms with Gasteiger partial charge in [-0.2, -0.15) is 12.7 Å². The highest BCUT2D eigenvalue weighted by atomic mass is 32.2. The molecule has 2 amide bonds. The lowest BCUT2D eigenvalue weighted by Crippen LogP contribution is -2.56. The molecule has 1 aliphatic heterocycles. The Balaban J connectivity index is 1.51. The number of nitrogens with one attached hydrogen (secondary N) is 2. The Labute approximate surface area is 203 Å². The van der Waals surface area contributed by atoms with E-state index in [-0.39, 0.29) is 29.7 Å². The van der Waals surface area contributed by atoms with Crippen molar-refractivity contribution in [3.8, 4) is 0 Å². The summed E-state index contributed by atoms with van der Waals surface area (Å²) < 4.78 is 28.0. The number of hydrogen-bond donors (Lipinski definition) is 2. The smallest absolute Gasteiger partial charge is 0.301 e. The number of piperazine rings is 1. The Morgan fingerprint density at radius 3 is 2.40 bits per heavy atom. The van der Waals surface area contributed by atoms with Gasteiger partial charge < -0.3 is 14.8 Å². The Hall–Kier alpha value is -3.70. The maximum atomic E-state index is 13.2. The summed E-state index contributed by atoms with van der Waals surface area (Å²) in [7, 11) is -0.952. The third-order valence-electron chi connectivity index (χ3n) is 6.07. The number of fused-ring (bicyclic) bond motifs is 1. The summed E-state index contributed by atoms with van der Waals surface area (Å²) in [5.74, 6) is -1.47. The number of carbonyl (C=O) groups is 3. The van der Waals surface area contributed by atoms with Gasteiger partial charge in [0.1, 0.15) is 0 Å². The van der Waals surface area contributed by atoms with E-state index in [2.05, 4.69) is 9.71 Å². The van der Waals surface area contributed by atoms with Crippen LogP contribution >= 0.6 is 0 Å². The molecule has 3 aromatic rings. The lowest BCUT2D eigenvalue weighted by Gasteiger charge is -2.39. The summed E-state index contributed by atoms with van der Waals surface area (Å²) in [6.07, 6.45) is 1.41. The third kappa shape index (κ3) is 4.77. The fourth-order valence-electron chi connectivity index (χ4n) is 4.11. The Bertz CT molecular complexity index is 1380. The molecule has 1 aliphatic rings. The number of amides is 2. The molecule has 0 spiro atoms. The number of hydrogen-bond acceptors (Lipinski definition) is 5. The molecule has 35 heavy (non-hydrogen) atoms. The second-order valence-corrected chi connectivity index (χ2v) is 10.5. The first-order valence-electron chi connectivity index (χ1n) is 11.1. The van der Waals surface area contributed by atoms with Crippen LogP contribution in [0.15, 0.2) is 54.7 Å². The SMILES string of the molecule is C[C@@H]1CN(C(=O)c2ccccc2)CCN1C(=O)C(=O)c1c[nH]c2c(NS(=O)(=O)N(C)C)cccc12. The Morgan fingerprint density at radius 1 is 1.03 bits per heavy atom. The number of ketones is 1. The highest BCUT2D eigenvalue weighted by molar-refractivity contribution is 7.90. The minimum absolute atomic E-state index is 0.111. The average Bonchev–Trinajstić information content (AvgIpc) is 3.28. The standard InChI is InChI=1S/C24H27N5O5S/c1-16-15-28(23(31)17-8-5-4-6-9-17)12-13-29(16)24(32)22(30)19-14-25-21-18(19)10-7-11-20(21)26-35(33,34)27(2)3/h4-11,14,16,25-26H,12-13,15H2,1-3H3/t16-/m1/s1. The number of rotatable bonds is 6. The van der Waals surface area contributed by atoms with Crippen molar-refractivity contribution in [2.45, 2.75) is 13.0 Å². The molecule has 2 heterocycles. The zero-order valence-corrected chi connectivity index (χ0v) is 20.5. The molecular weight excluding hydrogens is 470 g/mol. The largest absolute Gasteiger partial charge is 0.359 e. The molecule has 0 bridgehead atoms. The molecule has 0 radical (unpaired) electrons. The zero-order valence-electron chi connectivity index (χ0n) is 19.7. The molecule has 2 aromatic carbocycles. The van der Waals surface area contributed by atoms with Gasteiger partial charge in [0.15, 0.2) is 0 Å². The van der Waals surface area contributed by atoms with E-state index in [0.717, 1.165) is 4.31 Å². The van der Waals surface area contributed by atoms with Crippen LogP contribution in [0.2, 0.25) is 0 Å². The van der Waals surface area contributed by atoms with E-state index in [1.54, 1.807) is 54.3 Å². The number of carbonyl (C=O) groups excluding carboxylic acids is 3. The zero-order chi connectivity index (χ0) is 25.3. The van der Waals surface area contributed by atoms with Crippen LogP contribution in [0.1, 0.15) is 27.6 Å². The maximum Gasteiger partial charge on any atom is 0.301 e. The second kappa shape index (κ2) is 9.51. The van der Waals surface area contributed by atoms with E-state index in [0.29, 0.717) is 29.6 Å². The fourth-order valence-corrected chi connectivity index (χ4v) is 4.74. The summed E-state index contributed by atoms with van der Waals surface area (Å²) in [6.45, 7) is 2.68. The molecule has 1 atom stereocenters. The predicted octanol–water partition coefficient (Wildman–Crippen LogP) is 1.94. The van der Waals surface area contributed by atoms with Gasteiger partial charge in [0.2, 0.25) is 0 Å². The van der Waals surface area contributed by atoms with Crippen LogP contribution in [0, 0.1) is 0 Å². The van der Waals surface area contributed by atoms with Gasteiger partial charge in [0.05, 0.1) is 16.8 Å². The Morgan fingerprint density at radius 2 is 1.74 bits per heavy atom. The predicted molar refractivity (Wildman–Crippen MR) is 132 cm³/mol. The number of benzene rings is 2. The quantitative estimate of drug-likeness (QED) is 0.398. The van der Waals surface area contributed by atoms with Crippen LogP contribution < -0.4 is 4.72 Å². The van der Waals surface area contributed by atoms with Crippen molar-refractivity contribution in [2.24, 2.45) is 0 Å². The normalized spacial score (nSPS) is 16.5. The number of aromatic amines is 1. The van der Waals surface area contributed by atoms with E-state index < -0.39 is 21.9 Å². The van der Waals surface area contributed by atoms with Gasteiger partial charge in [-0.25, -0.2) is 0 Å². The third-order valence-corrected chi connectivity index (χ3v) is 7.51. The first-order chi connectivity index (χ1) is 16.6. The molecule has 10 nitrogen and oxygen atoms in total. The van der Waals surface area contributed by atoms with Gasteiger partial charge in [-0.1, -0.05) is 30.3 Å². The molecule has 1 fully saturated rings. The molecule has 0 aliphatic carbocycles. The van der Waals surface area contributed by atoms with Crippen molar-refractivity contribution < 1.29 is 22.8 Å². The maximum absolute atomic E-state index is 13.2. The highest BCUT2D eigenvalue weighted by Crippen LogP contribution is 2.27. The molecule has 1 aromatic heterocycles. The van der Waals surface area contributed by atoms with Crippen LogP contribution in [0.5, 0.6) is 0 Å². The molecule has 184 valence electrons. The van der Waals surface area contributed by atoms with Crippen molar-refractivity contribution in [1.82, 2.24) is 19.1 Å². The van der Waals surface area contributed by atoms with Gasteiger partial charge >= 0.3 is 10.2 Å². The number of aromatic nitrogens is 1. The van der Waals surface area contributed by atoms with Crippen molar-refractivity contribution in [2.75, 3.05) is 38.5 Å². The molecule has 1 saturated heterocycles. The van der Waals surface area contributed by atoms with Crippen LogP contribution in [0.3, 0.4) is 0 Å². The topological polar surface area (TPSA) is 123 Å². The van der Waals surface area contributed by atoms with Crippen molar-refractivity contribution in [1.29, 1.82) is 0 Å². The summed E-state index contributed by atoms with van der Waals surface area (Å²) in [5, 5.41) is 0.438. The lowest BCUT2D eigenvalue weighted by atomic mass is 10.1. The average molecular weight is 498 g/mol. The monoisotopic (exact) mass is 497 g/mol. The van der Waals surface area contributed by atoms with Crippen molar-refractivity contribution >= 4 is 44.4 Å². The van der Waals surface area contributed by atoms with Gasteiger partial charge in [-0.05, 0) is 25.1 Å². The van der Waals surface area contributed by atoms with Gasteiger partial charge in [-0.3, -0.25) is 19.1 Å². The number of para-hydroxylation sites is 1. The summed E-state index contributed by atoms with van der Waals surface area (Å²) >= 11 is 0. The second-order valence-electron chi connectivity index (χ2n) is 8.61.